The fourth-order valence-electron chi connectivity index (χ4n) is 1.83. The second-order valence-corrected chi connectivity index (χ2v) is 5.38. The summed E-state index contributed by atoms with van der Waals surface area (Å²) in [5.74, 6) is -0.0794. The van der Waals surface area contributed by atoms with Crippen LogP contribution in [0.2, 0.25) is 0 Å². The van der Waals surface area contributed by atoms with Gasteiger partial charge in [0.05, 0.1) is 5.69 Å². The quantitative estimate of drug-likeness (QED) is 0.810. The normalized spacial score (nSPS) is 10.1. The van der Waals surface area contributed by atoms with Crippen LogP contribution in [-0.4, -0.2) is 13.0 Å². The van der Waals surface area contributed by atoms with Gasteiger partial charge in [0, 0.05) is 21.9 Å². The van der Waals surface area contributed by atoms with Crippen molar-refractivity contribution in [1.29, 1.82) is 0 Å². The number of aryl methyl sites for hydroxylation is 1. The van der Waals surface area contributed by atoms with E-state index < -0.39 is 0 Å². The lowest BCUT2D eigenvalue weighted by atomic mass is 10.1. The molecule has 0 spiro atoms. The molecule has 4 heteroatoms. The van der Waals surface area contributed by atoms with Crippen LogP contribution in [0.5, 0.6) is 0 Å². The standard InChI is InChI=1S/C15H15IN2O/c1-10-9-11(17-2)7-8-12(10)15(19)18-14-6-4-3-5-13(14)16/h3-9,17H,1-2H3,(H,18,19). The zero-order chi connectivity index (χ0) is 13.8. The molecule has 2 aromatic carbocycles. The molecule has 2 N–H and O–H groups in total. The summed E-state index contributed by atoms with van der Waals surface area (Å²) in [6, 6.07) is 13.4. The summed E-state index contributed by atoms with van der Waals surface area (Å²) in [6.45, 7) is 1.94. The number of benzene rings is 2. The molecule has 2 aromatic rings. The first kappa shape index (κ1) is 13.9. The van der Waals surface area contributed by atoms with Crippen LogP contribution in [0.4, 0.5) is 11.4 Å². The van der Waals surface area contributed by atoms with Crippen molar-refractivity contribution in [3.05, 3.63) is 57.2 Å². The molecule has 0 aliphatic carbocycles. The lowest BCUT2D eigenvalue weighted by Gasteiger charge is -2.10. The Labute approximate surface area is 126 Å². The van der Waals surface area contributed by atoms with Gasteiger partial charge in [0.2, 0.25) is 0 Å². The molecule has 98 valence electrons. The van der Waals surface area contributed by atoms with E-state index in [9.17, 15) is 4.79 Å². The SMILES string of the molecule is CNc1ccc(C(=O)Nc2ccccc2I)c(C)c1. The van der Waals surface area contributed by atoms with Crippen molar-refractivity contribution in [2.24, 2.45) is 0 Å². The average Bonchev–Trinajstić information content (AvgIpc) is 2.41. The van der Waals surface area contributed by atoms with E-state index in [2.05, 4.69) is 33.2 Å². The van der Waals surface area contributed by atoms with E-state index in [1.54, 1.807) is 0 Å². The molecule has 0 atom stereocenters. The number of rotatable bonds is 3. The van der Waals surface area contributed by atoms with Gasteiger partial charge in [0.1, 0.15) is 0 Å². The Morgan fingerprint density at radius 3 is 2.53 bits per heavy atom. The summed E-state index contributed by atoms with van der Waals surface area (Å²) in [6.07, 6.45) is 0. The molecule has 0 fully saturated rings. The summed E-state index contributed by atoms with van der Waals surface area (Å²) < 4.78 is 1.03. The molecule has 0 saturated carbocycles. The van der Waals surface area contributed by atoms with Gasteiger partial charge in [-0.1, -0.05) is 12.1 Å². The predicted molar refractivity (Wildman–Crippen MR) is 87.8 cm³/mol. The van der Waals surface area contributed by atoms with Crippen LogP contribution in [0, 0.1) is 10.5 Å². The van der Waals surface area contributed by atoms with Gasteiger partial charge in [-0.15, -0.1) is 0 Å². The Hall–Kier alpha value is -1.56. The van der Waals surface area contributed by atoms with Gasteiger partial charge >= 0.3 is 0 Å². The molecule has 0 saturated heterocycles. The number of para-hydroxylation sites is 1. The molecule has 0 bridgehead atoms. The van der Waals surface area contributed by atoms with Crippen LogP contribution in [0.3, 0.4) is 0 Å². The summed E-state index contributed by atoms with van der Waals surface area (Å²) in [4.78, 5) is 12.3. The first-order chi connectivity index (χ1) is 9.11. The Kier molecular flexibility index (Phi) is 4.42. The second kappa shape index (κ2) is 6.06. The molecule has 0 aliphatic rings. The van der Waals surface area contributed by atoms with Gasteiger partial charge in [-0.2, -0.15) is 0 Å². The van der Waals surface area contributed by atoms with Gasteiger partial charge in [-0.05, 0) is 65.4 Å². The maximum absolute atomic E-state index is 12.3. The first-order valence-corrected chi connectivity index (χ1v) is 7.04. The number of halogens is 1. The number of carbonyl (C=O) groups is 1. The van der Waals surface area contributed by atoms with Crippen LogP contribution >= 0.6 is 22.6 Å². The molecule has 0 aromatic heterocycles. The van der Waals surface area contributed by atoms with E-state index in [0.29, 0.717) is 5.56 Å². The van der Waals surface area contributed by atoms with E-state index in [-0.39, 0.29) is 5.91 Å². The summed E-state index contributed by atoms with van der Waals surface area (Å²) in [5.41, 5.74) is 3.49. The fourth-order valence-corrected chi connectivity index (χ4v) is 2.35. The van der Waals surface area contributed by atoms with Crippen molar-refractivity contribution in [2.75, 3.05) is 17.7 Å². The molecule has 1 amide bonds. The highest BCUT2D eigenvalue weighted by atomic mass is 127. The maximum Gasteiger partial charge on any atom is 0.255 e. The fraction of sp³-hybridized carbons (Fsp3) is 0.133. The Morgan fingerprint density at radius 1 is 1.16 bits per heavy atom. The largest absolute Gasteiger partial charge is 0.388 e. The summed E-state index contributed by atoms with van der Waals surface area (Å²) in [5, 5.41) is 6.00. The number of nitrogens with one attached hydrogen (secondary N) is 2. The topological polar surface area (TPSA) is 41.1 Å². The average molecular weight is 366 g/mol. The van der Waals surface area contributed by atoms with Gasteiger partial charge in [-0.25, -0.2) is 0 Å². The molecular formula is C15H15IN2O. The highest BCUT2D eigenvalue weighted by Crippen LogP contribution is 2.20. The minimum Gasteiger partial charge on any atom is -0.388 e. The third-order valence-electron chi connectivity index (χ3n) is 2.88. The van der Waals surface area contributed by atoms with E-state index in [1.165, 1.54) is 0 Å². The van der Waals surface area contributed by atoms with Gasteiger partial charge in [0.25, 0.3) is 5.91 Å². The predicted octanol–water partition coefficient (Wildman–Crippen LogP) is 3.89. The zero-order valence-corrected chi connectivity index (χ0v) is 13.0. The van der Waals surface area contributed by atoms with E-state index in [4.69, 9.17) is 0 Å². The number of anilines is 2. The minimum absolute atomic E-state index is 0.0794. The molecule has 0 radical (unpaired) electrons. The molecular weight excluding hydrogens is 351 g/mol. The molecule has 0 aliphatic heterocycles. The molecule has 0 heterocycles. The highest BCUT2D eigenvalue weighted by Gasteiger charge is 2.10. The lowest BCUT2D eigenvalue weighted by Crippen LogP contribution is -2.14. The maximum atomic E-state index is 12.3. The number of hydrogen-bond donors (Lipinski definition) is 2. The first-order valence-electron chi connectivity index (χ1n) is 5.96. The van der Waals surface area contributed by atoms with Gasteiger partial charge in [-0.3, -0.25) is 4.79 Å². The van der Waals surface area contributed by atoms with Gasteiger partial charge in [0.15, 0.2) is 0 Å². The van der Waals surface area contributed by atoms with E-state index in [1.807, 2.05) is 56.4 Å². The number of carbonyl (C=O) groups excluding carboxylic acids is 1. The Balaban J connectivity index is 2.23. The van der Waals surface area contributed by atoms with Crippen molar-refractivity contribution >= 4 is 39.9 Å². The molecule has 19 heavy (non-hydrogen) atoms. The van der Waals surface area contributed by atoms with E-state index in [0.717, 1.165) is 20.5 Å². The van der Waals surface area contributed by atoms with Crippen molar-refractivity contribution in [1.82, 2.24) is 0 Å². The molecule has 3 nitrogen and oxygen atoms in total. The van der Waals surface area contributed by atoms with Crippen LogP contribution in [0.15, 0.2) is 42.5 Å². The van der Waals surface area contributed by atoms with Crippen LogP contribution < -0.4 is 10.6 Å². The van der Waals surface area contributed by atoms with E-state index >= 15 is 0 Å². The zero-order valence-electron chi connectivity index (χ0n) is 10.8. The summed E-state index contributed by atoms with van der Waals surface area (Å²) in [7, 11) is 1.86. The second-order valence-electron chi connectivity index (χ2n) is 4.21. The lowest BCUT2D eigenvalue weighted by molar-refractivity contribution is 0.102. The van der Waals surface area contributed by atoms with Crippen LogP contribution in [0.25, 0.3) is 0 Å². The minimum atomic E-state index is -0.0794. The highest BCUT2D eigenvalue weighted by molar-refractivity contribution is 14.1. The summed E-state index contributed by atoms with van der Waals surface area (Å²) >= 11 is 2.21. The Morgan fingerprint density at radius 2 is 1.89 bits per heavy atom. The van der Waals surface area contributed by atoms with Crippen molar-refractivity contribution in [3.63, 3.8) is 0 Å². The van der Waals surface area contributed by atoms with Crippen molar-refractivity contribution in [3.8, 4) is 0 Å². The van der Waals surface area contributed by atoms with Crippen molar-refractivity contribution in [2.45, 2.75) is 6.92 Å². The Bertz CT molecular complexity index is 611. The smallest absolute Gasteiger partial charge is 0.255 e. The number of hydrogen-bond acceptors (Lipinski definition) is 2. The monoisotopic (exact) mass is 366 g/mol. The molecule has 0 unspecified atom stereocenters. The third-order valence-corrected chi connectivity index (χ3v) is 3.82. The van der Waals surface area contributed by atoms with Gasteiger partial charge < -0.3 is 10.6 Å². The molecule has 2 rings (SSSR count). The number of amides is 1. The van der Waals surface area contributed by atoms with Crippen LogP contribution in [-0.2, 0) is 0 Å². The van der Waals surface area contributed by atoms with Crippen LogP contribution in [0.1, 0.15) is 15.9 Å². The third kappa shape index (κ3) is 3.26. The van der Waals surface area contributed by atoms with Crippen molar-refractivity contribution < 1.29 is 4.79 Å².